The summed E-state index contributed by atoms with van der Waals surface area (Å²) in [5.41, 5.74) is 0. The van der Waals surface area contributed by atoms with Gasteiger partial charge in [0.05, 0.1) is 13.2 Å². The van der Waals surface area contributed by atoms with E-state index in [0.717, 1.165) is 25.7 Å². The van der Waals surface area contributed by atoms with Crippen LogP contribution in [-0.4, -0.2) is 43.3 Å². The standard InChI is InChI=1S/C17H33NO4/c1-5-7-9-10-11-12-14-21-16(19)15(3)18(4)17(20)22-13-8-6-2/h15H,5-14H2,1-4H3. The van der Waals surface area contributed by atoms with E-state index < -0.39 is 12.1 Å². The maximum absolute atomic E-state index is 11.9. The monoisotopic (exact) mass is 315 g/mol. The lowest BCUT2D eigenvalue weighted by Crippen LogP contribution is -2.41. The minimum Gasteiger partial charge on any atom is -0.464 e. The molecule has 0 bridgehead atoms. The third-order valence-electron chi connectivity index (χ3n) is 3.68. The quantitative estimate of drug-likeness (QED) is 0.401. The number of amides is 1. The summed E-state index contributed by atoms with van der Waals surface area (Å²) in [6.07, 6.45) is 8.21. The summed E-state index contributed by atoms with van der Waals surface area (Å²) in [6, 6.07) is -0.616. The first-order valence-corrected chi connectivity index (χ1v) is 8.60. The van der Waals surface area contributed by atoms with Gasteiger partial charge in [-0.05, 0) is 19.8 Å². The van der Waals surface area contributed by atoms with E-state index in [0.29, 0.717) is 13.2 Å². The lowest BCUT2D eigenvalue weighted by molar-refractivity contribution is -0.148. The number of carbonyl (C=O) groups is 2. The van der Waals surface area contributed by atoms with Gasteiger partial charge < -0.3 is 9.47 Å². The average molecular weight is 315 g/mol. The fourth-order valence-corrected chi connectivity index (χ4v) is 1.90. The molecule has 0 aromatic carbocycles. The zero-order valence-electron chi connectivity index (χ0n) is 14.7. The average Bonchev–Trinajstić information content (AvgIpc) is 2.52. The molecule has 1 amide bonds. The minimum absolute atomic E-state index is 0.372. The van der Waals surface area contributed by atoms with Gasteiger partial charge in [0.25, 0.3) is 0 Å². The van der Waals surface area contributed by atoms with E-state index in [9.17, 15) is 9.59 Å². The van der Waals surface area contributed by atoms with Crippen molar-refractivity contribution in [2.45, 2.75) is 78.2 Å². The first kappa shape index (κ1) is 20.7. The molecular weight excluding hydrogens is 282 g/mol. The highest BCUT2D eigenvalue weighted by Crippen LogP contribution is 2.07. The van der Waals surface area contributed by atoms with Crippen molar-refractivity contribution < 1.29 is 19.1 Å². The number of hydrogen-bond donors (Lipinski definition) is 0. The Hall–Kier alpha value is -1.26. The second-order valence-corrected chi connectivity index (χ2v) is 5.69. The lowest BCUT2D eigenvalue weighted by atomic mass is 10.1. The molecule has 0 spiro atoms. The molecule has 130 valence electrons. The van der Waals surface area contributed by atoms with Gasteiger partial charge in [-0.25, -0.2) is 9.59 Å². The first-order valence-electron chi connectivity index (χ1n) is 8.60. The number of likely N-dealkylation sites (N-methyl/N-ethyl adjacent to an activating group) is 1. The van der Waals surface area contributed by atoms with Crippen LogP contribution in [0.5, 0.6) is 0 Å². The second kappa shape index (κ2) is 13.4. The van der Waals surface area contributed by atoms with Crippen molar-refractivity contribution in [2.75, 3.05) is 20.3 Å². The smallest absolute Gasteiger partial charge is 0.410 e. The summed E-state index contributed by atoms with van der Waals surface area (Å²) in [4.78, 5) is 24.9. The third-order valence-corrected chi connectivity index (χ3v) is 3.68. The molecule has 0 radical (unpaired) electrons. The molecule has 0 aromatic heterocycles. The molecular formula is C17H33NO4. The Bertz CT molecular complexity index is 307. The van der Waals surface area contributed by atoms with Crippen LogP contribution in [0.25, 0.3) is 0 Å². The number of rotatable bonds is 12. The molecule has 0 aromatic rings. The van der Waals surface area contributed by atoms with Gasteiger partial charge in [0.1, 0.15) is 6.04 Å². The van der Waals surface area contributed by atoms with Crippen molar-refractivity contribution in [1.82, 2.24) is 4.90 Å². The zero-order valence-corrected chi connectivity index (χ0v) is 14.7. The third kappa shape index (κ3) is 9.64. The molecule has 0 N–H and O–H groups in total. The lowest BCUT2D eigenvalue weighted by Gasteiger charge is -2.22. The fourth-order valence-electron chi connectivity index (χ4n) is 1.90. The van der Waals surface area contributed by atoms with E-state index in [1.807, 2.05) is 6.92 Å². The van der Waals surface area contributed by atoms with Crippen molar-refractivity contribution in [3.63, 3.8) is 0 Å². The van der Waals surface area contributed by atoms with Crippen LogP contribution in [0.4, 0.5) is 4.79 Å². The van der Waals surface area contributed by atoms with Crippen molar-refractivity contribution in [3.8, 4) is 0 Å². The first-order chi connectivity index (χ1) is 10.5. The molecule has 22 heavy (non-hydrogen) atoms. The van der Waals surface area contributed by atoms with Crippen LogP contribution >= 0.6 is 0 Å². The molecule has 0 aliphatic carbocycles. The highest BCUT2D eigenvalue weighted by molar-refractivity contribution is 5.80. The normalized spacial score (nSPS) is 11.8. The Balaban J connectivity index is 3.82. The zero-order chi connectivity index (χ0) is 16.8. The van der Waals surface area contributed by atoms with E-state index in [2.05, 4.69) is 6.92 Å². The molecule has 0 saturated carbocycles. The molecule has 5 nitrogen and oxygen atoms in total. The van der Waals surface area contributed by atoms with E-state index >= 15 is 0 Å². The van der Waals surface area contributed by atoms with Gasteiger partial charge in [0.2, 0.25) is 0 Å². The summed E-state index contributed by atoms with van der Waals surface area (Å²) in [7, 11) is 1.56. The summed E-state index contributed by atoms with van der Waals surface area (Å²) < 4.78 is 10.3. The Labute approximate surface area is 135 Å². The highest BCUT2D eigenvalue weighted by atomic mass is 16.6. The van der Waals surface area contributed by atoms with Gasteiger partial charge in [-0.3, -0.25) is 4.90 Å². The van der Waals surface area contributed by atoms with Crippen molar-refractivity contribution in [3.05, 3.63) is 0 Å². The Kier molecular flexibility index (Phi) is 12.6. The molecule has 0 aliphatic heterocycles. The van der Waals surface area contributed by atoms with Crippen molar-refractivity contribution in [2.24, 2.45) is 0 Å². The highest BCUT2D eigenvalue weighted by Gasteiger charge is 2.24. The predicted octanol–water partition coefficient (Wildman–Crippen LogP) is 4.15. The van der Waals surface area contributed by atoms with E-state index in [4.69, 9.17) is 9.47 Å². The predicted molar refractivity (Wildman–Crippen MR) is 87.8 cm³/mol. The second-order valence-electron chi connectivity index (χ2n) is 5.69. The van der Waals surface area contributed by atoms with Gasteiger partial charge in [-0.2, -0.15) is 0 Å². The number of esters is 1. The van der Waals surface area contributed by atoms with E-state index in [1.165, 1.54) is 30.6 Å². The van der Waals surface area contributed by atoms with Gasteiger partial charge in [0, 0.05) is 7.05 Å². The molecule has 0 saturated heterocycles. The molecule has 0 heterocycles. The Morgan fingerprint density at radius 1 is 0.864 bits per heavy atom. The summed E-state index contributed by atoms with van der Waals surface area (Å²) >= 11 is 0. The number of carbonyl (C=O) groups excluding carboxylic acids is 2. The molecule has 0 fully saturated rings. The SMILES string of the molecule is CCCCCCCCOC(=O)C(C)N(C)C(=O)OCCCC. The van der Waals surface area contributed by atoms with Gasteiger partial charge >= 0.3 is 12.1 Å². The molecule has 1 unspecified atom stereocenters. The van der Waals surface area contributed by atoms with Crippen molar-refractivity contribution in [1.29, 1.82) is 0 Å². The summed E-state index contributed by atoms with van der Waals surface area (Å²) in [5.74, 6) is -0.372. The number of nitrogens with zero attached hydrogens (tertiary/aromatic N) is 1. The number of ether oxygens (including phenoxy) is 2. The summed E-state index contributed by atoms with van der Waals surface area (Å²) in [5, 5.41) is 0. The number of unbranched alkanes of at least 4 members (excludes halogenated alkanes) is 6. The Morgan fingerprint density at radius 2 is 1.41 bits per heavy atom. The maximum Gasteiger partial charge on any atom is 0.410 e. The molecule has 0 aliphatic rings. The minimum atomic E-state index is -0.616. The molecule has 1 atom stereocenters. The van der Waals surface area contributed by atoms with Crippen LogP contribution in [0, 0.1) is 0 Å². The van der Waals surface area contributed by atoms with Crippen LogP contribution in [0.2, 0.25) is 0 Å². The van der Waals surface area contributed by atoms with E-state index in [1.54, 1.807) is 14.0 Å². The summed E-state index contributed by atoms with van der Waals surface area (Å²) in [6.45, 7) is 6.69. The van der Waals surface area contributed by atoms with Crippen LogP contribution in [0.3, 0.4) is 0 Å². The fraction of sp³-hybridized carbons (Fsp3) is 0.882. The van der Waals surface area contributed by atoms with E-state index in [-0.39, 0.29) is 5.97 Å². The van der Waals surface area contributed by atoms with Crippen LogP contribution < -0.4 is 0 Å². The van der Waals surface area contributed by atoms with Crippen LogP contribution in [0.1, 0.15) is 72.1 Å². The maximum atomic E-state index is 11.9. The molecule has 0 rings (SSSR count). The van der Waals surface area contributed by atoms with Crippen LogP contribution in [-0.2, 0) is 14.3 Å². The number of hydrogen-bond acceptors (Lipinski definition) is 4. The van der Waals surface area contributed by atoms with Gasteiger partial charge in [-0.1, -0.05) is 52.4 Å². The van der Waals surface area contributed by atoms with Crippen LogP contribution in [0.15, 0.2) is 0 Å². The van der Waals surface area contributed by atoms with Gasteiger partial charge in [-0.15, -0.1) is 0 Å². The largest absolute Gasteiger partial charge is 0.464 e. The molecule has 5 heteroatoms. The Morgan fingerprint density at radius 3 is 2.05 bits per heavy atom. The van der Waals surface area contributed by atoms with Gasteiger partial charge in [0.15, 0.2) is 0 Å². The topological polar surface area (TPSA) is 55.8 Å². The van der Waals surface area contributed by atoms with Crippen molar-refractivity contribution >= 4 is 12.1 Å².